The maximum atomic E-state index is 12.2. The second kappa shape index (κ2) is 6.91. The van der Waals surface area contributed by atoms with Gasteiger partial charge < -0.3 is 11.1 Å². The molecule has 0 bridgehead atoms. The molecular weight excluding hydrogens is 284 g/mol. The predicted octanol–water partition coefficient (Wildman–Crippen LogP) is 2.19. The molecule has 0 aliphatic carbocycles. The summed E-state index contributed by atoms with van der Waals surface area (Å²) >= 11 is 5.88. The molecule has 0 aromatic heterocycles. The number of nitrogen functional groups attached to an aromatic ring is 1. The molecule has 0 aliphatic heterocycles. The molecule has 0 saturated carbocycles. The molecule has 0 aliphatic rings. The van der Waals surface area contributed by atoms with Gasteiger partial charge in [-0.2, -0.15) is 0 Å². The monoisotopic (exact) mass is 302 g/mol. The third-order valence-electron chi connectivity index (χ3n) is 2.58. The molecule has 2 atom stereocenters. The summed E-state index contributed by atoms with van der Waals surface area (Å²) in [7, 11) is -1.44. The average molecular weight is 303 g/mol. The van der Waals surface area contributed by atoms with Crippen molar-refractivity contribution in [3.8, 4) is 0 Å². The van der Waals surface area contributed by atoms with E-state index in [1.807, 2.05) is 13.8 Å². The number of carbonyl (C=O) groups is 1. The molecule has 0 heterocycles. The fraction of sp³-hybridized carbons (Fsp3) is 0.462. The van der Waals surface area contributed by atoms with Crippen molar-refractivity contribution in [2.24, 2.45) is 5.92 Å². The highest BCUT2D eigenvalue weighted by molar-refractivity contribution is 7.86. The van der Waals surface area contributed by atoms with E-state index in [-0.39, 0.29) is 5.91 Å². The number of hydrogen-bond acceptors (Lipinski definition) is 3. The standard InChI is InChI=1S/C13H19ClN2O2S/c1-8(2)7-16-13(17)9(3)19(18)10-4-5-12(15)11(14)6-10/h4-6,8-9H,7,15H2,1-3H3,(H,16,17). The highest BCUT2D eigenvalue weighted by Crippen LogP contribution is 2.23. The third kappa shape index (κ3) is 4.51. The van der Waals surface area contributed by atoms with E-state index in [1.165, 1.54) is 0 Å². The first-order valence-electron chi connectivity index (χ1n) is 6.06. The summed E-state index contributed by atoms with van der Waals surface area (Å²) < 4.78 is 12.2. The topological polar surface area (TPSA) is 72.2 Å². The van der Waals surface area contributed by atoms with Crippen molar-refractivity contribution in [2.75, 3.05) is 12.3 Å². The molecule has 1 aromatic carbocycles. The van der Waals surface area contributed by atoms with Crippen molar-refractivity contribution in [2.45, 2.75) is 30.9 Å². The highest BCUT2D eigenvalue weighted by Gasteiger charge is 2.21. The first kappa shape index (κ1) is 16.0. The number of hydrogen-bond donors (Lipinski definition) is 2. The molecule has 0 saturated heterocycles. The zero-order valence-electron chi connectivity index (χ0n) is 11.3. The molecule has 0 spiro atoms. The summed E-state index contributed by atoms with van der Waals surface area (Å²) in [5, 5.41) is 2.49. The lowest BCUT2D eigenvalue weighted by molar-refractivity contribution is -0.120. The van der Waals surface area contributed by atoms with Gasteiger partial charge >= 0.3 is 0 Å². The Bertz CT molecular complexity index is 492. The van der Waals surface area contributed by atoms with Crippen LogP contribution in [-0.2, 0) is 15.6 Å². The molecule has 1 aromatic rings. The molecule has 1 amide bonds. The van der Waals surface area contributed by atoms with Crippen LogP contribution in [0.5, 0.6) is 0 Å². The number of benzene rings is 1. The Morgan fingerprint density at radius 1 is 1.42 bits per heavy atom. The number of rotatable bonds is 5. The number of halogens is 1. The molecule has 2 unspecified atom stereocenters. The van der Waals surface area contributed by atoms with Gasteiger partial charge in [0.25, 0.3) is 0 Å². The maximum Gasteiger partial charge on any atom is 0.235 e. The number of nitrogens with two attached hydrogens (primary N) is 1. The summed E-state index contributed by atoms with van der Waals surface area (Å²) in [5.41, 5.74) is 6.03. The van der Waals surface area contributed by atoms with Gasteiger partial charge in [-0.05, 0) is 31.0 Å². The van der Waals surface area contributed by atoms with Crippen LogP contribution >= 0.6 is 11.6 Å². The summed E-state index contributed by atoms with van der Waals surface area (Å²) in [6.45, 7) is 6.21. The summed E-state index contributed by atoms with van der Waals surface area (Å²) in [6, 6.07) is 4.76. The number of carbonyl (C=O) groups excluding carboxylic acids is 1. The van der Waals surface area contributed by atoms with Gasteiger partial charge in [0.1, 0.15) is 5.25 Å². The van der Waals surface area contributed by atoms with E-state index in [2.05, 4.69) is 5.32 Å². The SMILES string of the molecule is CC(C)CNC(=O)C(C)S(=O)c1ccc(N)c(Cl)c1. The van der Waals surface area contributed by atoms with E-state index in [9.17, 15) is 9.00 Å². The van der Waals surface area contributed by atoms with Gasteiger partial charge in [-0.25, -0.2) is 0 Å². The van der Waals surface area contributed by atoms with Gasteiger partial charge in [0, 0.05) is 11.4 Å². The van der Waals surface area contributed by atoms with E-state index in [4.69, 9.17) is 17.3 Å². The molecule has 3 N–H and O–H groups in total. The average Bonchev–Trinajstić information content (AvgIpc) is 2.37. The van der Waals surface area contributed by atoms with Crippen molar-refractivity contribution >= 4 is 34.0 Å². The van der Waals surface area contributed by atoms with Crippen molar-refractivity contribution < 1.29 is 9.00 Å². The fourth-order valence-corrected chi connectivity index (χ4v) is 2.75. The minimum atomic E-state index is -1.44. The predicted molar refractivity (Wildman–Crippen MR) is 79.6 cm³/mol. The summed E-state index contributed by atoms with van der Waals surface area (Å²) in [6.07, 6.45) is 0. The van der Waals surface area contributed by atoms with E-state index in [0.29, 0.717) is 28.1 Å². The van der Waals surface area contributed by atoms with Crippen LogP contribution in [0.15, 0.2) is 23.1 Å². The summed E-state index contributed by atoms with van der Waals surface area (Å²) in [5.74, 6) is 0.135. The molecule has 4 nitrogen and oxygen atoms in total. The first-order chi connectivity index (χ1) is 8.82. The van der Waals surface area contributed by atoms with Gasteiger partial charge in [-0.15, -0.1) is 0 Å². The largest absolute Gasteiger partial charge is 0.398 e. The smallest absolute Gasteiger partial charge is 0.235 e. The third-order valence-corrected chi connectivity index (χ3v) is 4.48. The van der Waals surface area contributed by atoms with Gasteiger partial charge in [-0.1, -0.05) is 25.4 Å². The molecular formula is C13H19ClN2O2S. The number of nitrogens with one attached hydrogen (secondary N) is 1. The van der Waals surface area contributed by atoms with E-state index in [1.54, 1.807) is 25.1 Å². The second-order valence-electron chi connectivity index (χ2n) is 4.76. The minimum absolute atomic E-state index is 0.222. The fourth-order valence-electron chi connectivity index (χ4n) is 1.38. The lowest BCUT2D eigenvalue weighted by Gasteiger charge is -2.14. The molecule has 19 heavy (non-hydrogen) atoms. The zero-order valence-corrected chi connectivity index (χ0v) is 12.8. The molecule has 1 rings (SSSR count). The quantitative estimate of drug-likeness (QED) is 0.819. The Balaban J connectivity index is 2.76. The van der Waals surface area contributed by atoms with Gasteiger partial charge in [-0.3, -0.25) is 9.00 Å². The lowest BCUT2D eigenvalue weighted by Crippen LogP contribution is -2.37. The van der Waals surface area contributed by atoms with Crippen molar-refractivity contribution in [1.29, 1.82) is 0 Å². The van der Waals surface area contributed by atoms with Crippen LogP contribution < -0.4 is 11.1 Å². The van der Waals surface area contributed by atoms with Crippen LogP contribution in [0.25, 0.3) is 0 Å². The zero-order chi connectivity index (χ0) is 14.6. The Kier molecular flexibility index (Phi) is 5.82. The van der Waals surface area contributed by atoms with Crippen LogP contribution in [-0.4, -0.2) is 21.9 Å². The van der Waals surface area contributed by atoms with Crippen molar-refractivity contribution in [3.05, 3.63) is 23.2 Å². The molecule has 106 valence electrons. The molecule has 0 fully saturated rings. The molecule has 0 radical (unpaired) electrons. The minimum Gasteiger partial charge on any atom is -0.398 e. The number of amides is 1. The second-order valence-corrected chi connectivity index (χ2v) is 6.94. The Morgan fingerprint density at radius 3 is 2.58 bits per heavy atom. The van der Waals surface area contributed by atoms with E-state index >= 15 is 0 Å². The van der Waals surface area contributed by atoms with Crippen LogP contribution in [0.1, 0.15) is 20.8 Å². The first-order valence-corrected chi connectivity index (χ1v) is 7.65. The number of anilines is 1. The van der Waals surface area contributed by atoms with Crippen LogP contribution in [0, 0.1) is 5.92 Å². The Morgan fingerprint density at radius 2 is 2.05 bits per heavy atom. The maximum absolute atomic E-state index is 12.2. The van der Waals surface area contributed by atoms with Crippen LogP contribution in [0.3, 0.4) is 0 Å². The van der Waals surface area contributed by atoms with Gasteiger partial charge in [0.05, 0.1) is 21.5 Å². The van der Waals surface area contributed by atoms with Crippen LogP contribution in [0.4, 0.5) is 5.69 Å². The van der Waals surface area contributed by atoms with Gasteiger partial charge in [0.2, 0.25) is 5.91 Å². The van der Waals surface area contributed by atoms with E-state index in [0.717, 1.165) is 0 Å². The Labute approximate surface area is 121 Å². The van der Waals surface area contributed by atoms with Crippen molar-refractivity contribution in [1.82, 2.24) is 5.32 Å². The Hall–Kier alpha value is -1.07. The highest BCUT2D eigenvalue weighted by atomic mass is 35.5. The normalized spacial score (nSPS) is 14.2. The lowest BCUT2D eigenvalue weighted by atomic mass is 10.2. The molecule has 6 heteroatoms. The van der Waals surface area contributed by atoms with Crippen molar-refractivity contribution in [3.63, 3.8) is 0 Å². The summed E-state index contributed by atoms with van der Waals surface area (Å²) in [4.78, 5) is 12.4. The van der Waals surface area contributed by atoms with Crippen LogP contribution in [0.2, 0.25) is 5.02 Å². The van der Waals surface area contributed by atoms with E-state index < -0.39 is 16.0 Å². The van der Waals surface area contributed by atoms with Gasteiger partial charge in [0.15, 0.2) is 0 Å².